The van der Waals surface area contributed by atoms with Crippen LogP contribution in [-0.2, 0) is 12.8 Å². The molecule has 0 saturated heterocycles. The molecule has 1 heterocycles. The molecular formula is C22H21NO2S. The zero-order valence-electron chi connectivity index (χ0n) is 14.8. The molecule has 2 aromatic carbocycles. The van der Waals surface area contributed by atoms with Gasteiger partial charge in [-0.3, -0.25) is 4.79 Å². The van der Waals surface area contributed by atoms with Crippen LogP contribution in [0.4, 0.5) is 0 Å². The molecule has 1 saturated carbocycles. The minimum Gasteiger partial charge on any atom is -0.360 e. The van der Waals surface area contributed by atoms with Crippen molar-refractivity contribution >= 4 is 17.5 Å². The Bertz CT molecular complexity index is 913. The standard InChI is InChI=1S/C22H21NO2S/c1-26-18-11-12-19(17(13-18)8-7-15-5-3-2-4-6-15)21(24)20-14-23-25-22(20)16-9-10-16/h2-6,11-14,16H,7-10H2,1H3. The number of aryl methyl sites for hydroxylation is 2. The molecule has 26 heavy (non-hydrogen) atoms. The highest BCUT2D eigenvalue weighted by atomic mass is 32.2. The van der Waals surface area contributed by atoms with Crippen molar-refractivity contribution in [2.45, 2.75) is 36.5 Å². The first-order valence-corrected chi connectivity index (χ1v) is 10.2. The second-order valence-electron chi connectivity index (χ2n) is 6.72. The van der Waals surface area contributed by atoms with E-state index < -0.39 is 0 Å². The summed E-state index contributed by atoms with van der Waals surface area (Å²) in [6, 6.07) is 16.5. The number of hydrogen-bond acceptors (Lipinski definition) is 4. The molecule has 1 aromatic heterocycles. The van der Waals surface area contributed by atoms with Gasteiger partial charge in [-0.15, -0.1) is 11.8 Å². The van der Waals surface area contributed by atoms with Crippen molar-refractivity contribution in [3.63, 3.8) is 0 Å². The van der Waals surface area contributed by atoms with E-state index in [1.54, 1.807) is 18.0 Å². The molecule has 1 fully saturated rings. The highest BCUT2D eigenvalue weighted by Crippen LogP contribution is 2.42. The van der Waals surface area contributed by atoms with E-state index >= 15 is 0 Å². The number of benzene rings is 2. The van der Waals surface area contributed by atoms with Crippen molar-refractivity contribution in [1.29, 1.82) is 0 Å². The van der Waals surface area contributed by atoms with E-state index in [4.69, 9.17) is 4.52 Å². The van der Waals surface area contributed by atoms with Crippen LogP contribution in [0, 0.1) is 0 Å². The van der Waals surface area contributed by atoms with Crippen molar-refractivity contribution in [2.24, 2.45) is 0 Å². The number of aromatic nitrogens is 1. The second kappa shape index (κ2) is 7.50. The monoisotopic (exact) mass is 363 g/mol. The zero-order chi connectivity index (χ0) is 17.9. The number of nitrogens with zero attached hydrogens (tertiary/aromatic N) is 1. The van der Waals surface area contributed by atoms with Gasteiger partial charge in [0.2, 0.25) is 0 Å². The molecule has 0 N–H and O–H groups in total. The van der Waals surface area contributed by atoms with E-state index in [-0.39, 0.29) is 5.78 Å². The largest absolute Gasteiger partial charge is 0.360 e. The van der Waals surface area contributed by atoms with E-state index in [0.717, 1.165) is 42.6 Å². The third-order valence-corrected chi connectivity index (χ3v) is 5.60. The number of rotatable bonds is 7. The van der Waals surface area contributed by atoms with Crippen LogP contribution in [0.25, 0.3) is 0 Å². The van der Waals surface area contributed by atoms with Gasteiger partial charge in [0.1, 0.15) is 0 Å². The van der Waals surface area contributed by atoms with Gasteiger partial charge in [-0.05, 0) is 61.3 Å². The first-order chi connectivity index (χ1) is 12.8. The fourth-order valence-corrected chi connectivity index (χ4v) is 3.72. The summed E-state index contributed by atoms with van der Waals surface area (Å²) in [4.78, 5) is 14.4. The van der Waals surface area contributed by atoms with Gasteiger partial charge in [-0.25, -0.2) is 0 Å². The van der Waals surface area contributed by atoms with Crippen LogP contribution >= 0.6 is 11.8 Å². The van der Waals surface area contributed by atoms with Gasteiger partial charge in [0, 0.05) is 16.4 Å². The summed E-state index contributed by atoms with van der Waals surface area (Å²) < 4.78 is 5.37. The molecule has 0 bridgehead atoms. The first kappa shape index (κ1) is 17.1. The van der Waals surface area contributed by atoms with Crippen molar-refractivity contribution in [3.8, 4) is 0 Å². The van der Waals surface area contributed by atoms with Crippen LogP contribution in [0.5, 0.6) is 0 Å². The third-order valence-electron chi connectivity index (χ3n) is 4.87. The van der Waals surface area contributed by atoms with Gasteiger partial charge >= 0.3 is 0 Å². The second-order valence-corrected chi connectivity index (χ2v) is 7.60. The van der Waals surface area contributed by atoms with E-state index in [1.807, 2.05) is 18.2 Å². The maximum Gasteiger partial charge on any atom is 0.198 e. The Balaban J connectivity index is 1.64. The summed E-state index contributed by atoms with van der Waals surface area (Å²) in [6.45, 7) is 0. The normalized spacial score (nSPS) is 13.7. The van der Waals surface area contributed by atoms with Crippen LogP contribution in [0.3, 0.4) is 0 Å². The molecule has 4 heteroatoms. The molecule has 0 atom stereocenters. The number of thioether (sulfide) groups is 1. The van der Waals surface area contributed by atoms with Crippen LogP contribution in [-0.4, -0.2) is 17.2 Å². The average molecular weight is 363 g/mol. The zero-order valence-corrected chi connectivity index (χ0v) is 15.6. The Labute approximate surface area is 157 Å². The molecule has 0 unspecified atom stereocenters. The Kier molecular flexibility index (Phi) is 4.93. The highest BCUT2D eigenvalue weighted by Gasteiger charge is 2.33. The molecule has 1 aliphatic carbocycles. The maximum atomic E-state index is 13.2. The summed E-state index contributed by atoms with van der Waals surface area (Å²) in [5.74, 6) is 1.16. The minimum atomic E-state index is 0.0314. The lowest BCUT2D eigenvalue weighted by molar-refractivity contribution is 0.103. The molecular weight excluding hydrogens is 342 g/mol. The first-order valence-electron chi connectivity index (χ1n) is 8.96. The lowest BCUT2D eigenvalue weighted by Crippen LogP contribution is -2.08. The molecule has 4 rings (SSSR count). The quantitative estimate of drug-likeness (QED) is 0.422. The van der Waals surface area contributed by atoms with Crippen LogP contribution in [0.1, 0.15) is 51.6 Å². The summed E-state index contributed by atoms with van der Waals surface area (Å²) in [5, 5.41) is 3.89. The van der Waals surface area contributed by atoms with Crippen molar-refractivity contribution in [2.75, 3.05) is 6.26 Å². The van der Waals surface area contributed by atoms with Gasteiger partial charge in [-0.2, -0.15) is 0 Å². The number of carbonyl (C=O) groups excluding carboxylic acids is 1. The lowest BCUT2D eigenvalue weighted by atomic mass is 9.94. The topological polar surface area (TPSA) is 43.1 Å². The Morgan fingerprint density at radius 2 is 1.92 bits per heavy atom. The Morgan fingerprint density at radius 1 is 1.12 bits per heavy atom. The van der Waals surface area contributed by atoms with Gasteiger partial charge in [-0.1, -0.05) is 35.5 Å². The Morgan fingerprint density at radius 3 is 2.65 bits per heavy atom. The van der Waals surface area contributed by atoms with E-state index in [9.17, 15) is 4.79 Å². The van der Waals surface area contributed by atoms with Gasteiger partial charge in [0.25, 0.3) is 0 Å². The molecule has 0 aliphatic heterocycles. The molecule has 3 nitrogen and oxygen atoms in total. The molecule has 0 radical (unpaired) electrons. The number of ketones is 1. The SMILES string of the molecule is CSc1ccc(C(=O)c2cnoc2C2CC2)c(CCc2ccccc2)c1. The molecule has 1 aliphatic rings. The lowest BCUT2D eigenvalue weighted by Gasteiger charge is -2.11. The summed E-state index contributed by atoms with van der Waals surface area (Å²) in [5.41, 5.74) is 3.77. The van der Waals surface area contributed by atoms with Gasteiger partial charge in [0.15, 0.2) is 11.5 Å². The van der Waals surface area contributed by atoms with E-state index in [0.29, 0.717) is 11.5 Å². The van der Waals surface area contributed by atoms with Crippen LogP contribution in [0.15, 0.2) is 64.1 Å². The predicted octanol–water partition coefficient (Wildman–Crippen LogP) is 5.29. The van der Waals surface area contributed by atoms with Crippen LogP contribution < -0.4 is 0 Å². The van der Waals surface area contributed by atoms with Crippen LogP contribution in [0.2, 0.25) is 0 Å². The van der Waals surface area contributed by atoms with Gasteiger partial charge < -0.3 is 4.52 Å². The third kappa shape index (κ3) is 3.61. The van der Waals surface area contributed by atoms with E-state index in [2.05, 4.69) is 41.7 Å². The molecule has 0 amide bonds. The minimum absolute atomic E-state index is 0.0314. The number of carbonyl (C=O) groups is 1. The van der Waals surface area contributed by atoms with Crippen molar-refractivity contribution in [3.05, 3.63) is 82.7 Å². The van der Waals surface area contributed by atoms with Crippen molar-refractivity contribution in [1.82, 2.24) is 5.16 Å². The van der Waals surface area contributed by atoms with E-state index in [1.165, 1.54) is 10.5 Å². The van der Waals surface area contributed by atoms with Crippen molar-refractivity contribution < 1.29 is 9.32 Å². The van der Waals surface area contributed by atoms with Gasteiger partial charge in [0.05, 0.1) is 11.8 Å². The average Bonchev–Trinajstić information content (AvgIpc) is 3.42. The maximum absolute atomic E-state index is 13.2. The molecule has 3 aromatic rings. The predicted molar refractivity (Wildman–Crippen MR) is 104 cm³/mol. The smallest absolute Gasteiger partial charge is 0.198 e. The highest BCUT2D eigenvalue weighted by molar-refractivity contribution is 7.98. The molecule has 0 spiro atoms. The Hall–Kier alpha value is -2.33. The fraction of sp³-hybridized carbons (Fsp3) is 0.273. The fourth-order valence-electron chi connectivity index (χ4n) is 3.25. The summed E-state index contributed by atoms with van der Waals surface area (Å²) in [7, 11) is 0. The molecule has 132 valence electrons. The summed E-state index contributed by atoms with van der Waals surface area (Å²) >= 11 is 1.70. The summed E-state index contributed by atoms with van der Waals surface area (Å²) in [6.07, 6.45) is 7.56. The number of hydrogen-bond donors (Lipinski definition) is 0.